The minimum atomic E-state index is 0.103. The number of carbonyl (C=O) groups is 1. The summed E-state index contributed by atoms with van der Waals surface area (Å²) in [5.41, 5.74) is 3.44. The molecule has 0 unspecified atom stereocenters. The largest absolute Gasteiger partial charge is 0.369 e. The quantitative estimate of drug-likeness (QED) is 0.813. The second kappa shape index (κ2) is 7.94. The van der Waals surface area contributed by atoms with Gasteiger partial charge in [-0.1, -0.05) is 22.7 Å². The van der Waals surface area contributed by atoms with Gasteiger partial charge in [-0.05, 0) is 49.9 Å². The Balaban J connectivity index is 1.36. The van der Waals surface area contributed by atoms with Crippen molar-refractivity contribution in [3.8, 4) is 0 Å². The monoisotopic (exact) mass is 385 g/mol. The van der Waals surface area contributed by atoms with E-state index in [1.54, 1.807) is 0 Å². The Morgan fingerprint density at radius 3 is 2.59 bits per heavy atom. The summed E-state index contributed by atoms with van der Waals surface area (Å²) in [7, 11) is 0. The van der Waals surface area contributed by atoms with Crippen molar-refractivity contribution in [2.75, 3.05) is 44.2 Å². The highest BCUT2D eigenvalue weighted by Crippen LogP contribution is 2.24. The average Bonchev–Trinajstić information content (AvgIpc) is 3.14. The van der Waals surface area contributed by atoms with E-state index in [0.29, 0.717) is 10.9 Å². The Morgan fingerprint density at radius 2 is 1.89 bits per heavy atom. The molecule has 0 radical (unpaired) electrons. The molecule has 0 N–H and O–H groups in total. The minimum absolute atomic E-state index is 0.103. The van der Waals surface area contributed by atoms with Crippen molar-refractivity contribution in [1.82, 2.24) is 19.4 Å². The molecule has 2 fully saturated rings. The van der Waals surface area contributed by atoms with Gasteiger partial charge in [0.1, 0.15) is 4.88 Å². The standard InChI is InChI=1S/C20H27N5OS/c1-15-6-3-4-8-18(15)24-12-10-23(11-13-24)17-7-5-9-25(14-17)20(26)19-16(2)21-22-27-19/h3-4,6,8,17H,5,7,9-14H2,1-2H3/t17-/m1/s1. The van der Waals surface area contributed by atoms with E-state index >= 15 is 0 Å². The summed E-state index contributed by atoms with van der Waals surface area (Å²) in [6.45, 7) is 9.92. The van der Waals surface area contributed by atoms with Crippen molar-refractivity contribution in [3.05, 3.63) is 40.4 Å². The van der Waals surface area contributed by atoms with Crippen molar-refractivity contribution in [1.29, 1.82) is 0 Å². The molecule has 1 amide bonds. The van der Waals surface area contributed by atoms with Gasteiger partial charge in [0, 0.05) is 51.0 Å². The van der Waals surface area contributed by atoms with Crippen molar-refractivity contribution in [2.45, 2.75) is 32.7 Å². The number of amides is 1. The lowest BCUT2D eigenvalue weighted by Crippen LogP contribution is -2.56. The molecule has 1 aromatic carbocycles. The summed E-state index contributed by atoms with van der Waals surface area (Å²) in [5.74, 6) is 0.103. The third-order valence-electron chi connectivity index (χ3n) is 5.82. The summed E-state index contributed by atoms with van der Waals surface area (Å²) < 4.78 is 3.92. The number of carbonyl (C=O) groups excluding carboxylic acids is 1. The second-order valence-corrected chi connectivity index (χ2v) is 8.30. The molecule has 27 heavy (non-hydrogen) atoms. The van der Waals surface area contributed by atoms with E-state index in [9.17, 15) is 4.79 Å². The van der Waals surface area contributed by atoms with E-state index in [4.69, 9.17) is 0 Å². The van der Waals surface area contributed by atoms with Gasteiger partial charge in [-0.3, -0.25) is 9.69 Å². The van der Waals surface area contributed by atoms with E-state index in [-0.39, 0.29) is 5.91 Å². The molecule has 144 valence electrons. The predicted molar refractivity (Wildman–Crippen MR) is 109 cm³/mol. The topological polar surface area (TPSA) is 52.6 Å². The van der Waals surface area contributed by atoms with Crippen molar-refractivity contribution in [3.63, 3.8) is 0 Å². The van der Waals surface area contributed by atoms with Crippen molar-refractivity contribution < 1.29 is 4.79 Å². The Kier molecular flexibility index (Phi) is 5.41. The third kappa shape index (κ3) is 3.84. The zero-order chi connectivity index (χ0) is 18.8. The SMILES string of the molecule is Cc1ccccc1N1CCN([C@@H]2CCCN(C(=O)c3snnc3C)C2)CC1. The Bertz CT molecular complexity index is 799. The minimum Gasteiger partial charge on any atom is -0.369 e. The molecular weight excluding hydrogens is 358 g/mol. The molecule has 7 heteroatoms. The fourth-order valence-electron chi connectivity index (χ4n) is 4.25. The first kappa shape index (κ1) is 18.4. The van der Waals surface area contributed by atoms with Crippen LogP contribution in [0.5, 0.6) is 0 Å². The van der Waals surface area contributed by atoms with Crippen LogP contribution in [-0.4, -0.2) is 70.6 Å². The van der Waals surface area contributed by atoms with Gasteiger partial charge in [-0.2, -0.15) is 0 Å². The molecule has 6 nitrogen and oxygen atoms in total. The van der Waals surface area contributed by atoms with Gasteiger partial charge in [0.25, 0.3) is 5.91 Å². The van der Waals surface area contributed by atoms with E-state index in [0.717, 1.165) is 51.4 Å². The smallest absolute Gasteiger partial charge is 0.267 e. The fourth-order valence-corrected chi connectivity index (χ4v) is 4.88. The van der Waals surface area contributed by atoms with E-state index in [1.807, 2.05) is 11.8 Å². The number of hydrogen-bond donors (Lipinski definition) is 0. The number of rotatable bonds is 3. The molecule has 4 rings (SSSR count). The molecule has 0 bridgehead atoms. The lowest BCUT2D eigenvalue weighted by Gasteiger charge is -2.44. The molecule has 0 aliphatic carbocycles. The number of anilines is 1. The first-order valence-electron chi connectivity index (χ1n) is 9.76. The lowest BCUT2D eigenvalue weighted by atomic mass is 10.0. The number of likely N-dealkylation sites (tertiary alicyclic amines) is 1. The van der Waals surface area contributed by atoms with Crippen LogP contribution in [0.2, 0.25) is 0 Å². The number of aryl methyl sites for hydroxylation is 2. The first-order valence-corrected chi connectivity index (χ1v) is 10.5. The van der Waals surface area contributed by atoms with Gasteiger partial charge < -0.3 is 9.80 Å². The van der Waals surface area contributed by atoms with Gasteiger partial charge in [-0.25, -0.2) is 0 Å². The van der Waals surface area contributed by atoms with E-state index in [2.05, 4.69) is 50.6 Å². The molecule has 2 aliphatic rings. The van der Waals surface area contributed by atoms with Crippen LogP contribution in [0.1, 0.15) is 33.8 Å². The number of para-hydroxylation sites is 1. The zero-order valence-corrected chi connectivity index (χ0v) is 16.9. The van der Waals surface area contributed by atoms with Crippen LogP contribution in [0, 0.1) is 13.8 Å². The van der Waals surface area contributed by atoms with Gasteiger partial charge in [0.15, 0.2) is 0 Å². The molecule has 1 atom stereocenters. The number of piperazine rings is 1. The summed E-state index contributed by atoms with van der Waals surface area (Å²) >= 11 is 1.21. The Morgan fingerprint density at radius 1 is 1.11 bits per heavy atom. The van der Waals surface area contributed by atoms with Crippen LogP contribution in [0.25, 0.3) is 0 Å². The maximum atomic E-state index is 12.8. The fraction of sp³-hybridized carbons (Fsp3) is 0.550. The second-order valence-electron chi connectivity index (χ2n) is 7.54. The predicted octanol–water partition coefficient (Wildman–Crippen LogP) is 2.58. The van der Waals surface area contributed by atoms with Crippen LogP contribution in [0.3, 0.4) is 0 Å². The Hall–Kier alpha value is -1.99. The molecule has 3 heterocycles. The van der Waals surface area contributed by atoms with Crippen LogP contribution in [0.4, 0.5) is 5.69 Å². The summed E-state index contributed by atoms with van der Waals surface area (Å²) in [4.78, 5) is 20.6. The number of hydrogen-bond acceptors (Lipinski definition) is 6. The molecule has 1 aromatic heterocycles. The van der Waals surface area contributed by atoms with Crippen LogP contribution < -0.4 is 4.90 Å². The van der Waals surface area contributed by atoms with Crippen LogP contribution in [0.15, 0.2) is 24.3 Å². The zero-order valence-electron chi connectivity index (χ0n) is 16.1. The van der Waals surface area contributed by atoms with Crippen molar-refractivity contribution >= 4 is 23.1 Å². The van der Waals surface area contributed by atoms with Gasteiger partial charge >= 0.3 is 0 Å². The van der Waals surface area contributed by atoms with E-state index in [1.165, 1.54) is 29.2 Å². The maximum absolute atomic E-state index is 12.8. The molecular formula is C20H27N5OS. The third-order valence-corrected chi connectivity index (χ3v) is 6.63. The molecule has 0 saturated carbocycles. The van der Waals surface area contributed by atoms with Gasteiger partial charge in [0.2, 0.25) is 0 Å². The molecule has 2 aliphatic heterocycles. The molecule has 0 spiro atoms. The Labute approximate surface area is 164 Å². The number of nitrogens with zero attached hydrogens (tertiary/aromatic N) is 5. The number of piperidine rings is 1. The highest BCUT2D eigenvalue weighted by Gasteiger charge is 2.31. The molecule has 2 saturated heterocycles. The molecule has 2 aromatic rings. The van der Waals surface area contributed by atoms with Gasteiger partial charge in [0.05, 0.1) is 5.69 Å². The summed E-state index contributed by atoms with van der Waals surface area (Å²) in [6, 6.07) is 9.08. The van der Waals surface area contributed by atoms with Gasteiger partial charge in [-0.15, -0.1) is 5.10 Å². The first-order chi connectivity index (χ1) is 13.1. The highest BCUT2D eigenvalue weighted by molar-refractivity contribution is 7.07. The van der Waals surface area contributed by atoms with Crippen LogP contribution >= 0.6 is 11.5 Å². The number of aromatic nitrogens is 2. The normalized spacial score (nSPS) is 21.5. The summed E-state index contributed by atoms with van der Waals surface area (Å²) in [5, 5.41) is 3.99. The summed E-state index contributed by atoms with van der Waals surface area (Å²) in [6.07, 6.45) is 2.24. The van der Waals surface area contributed by atoms with Crippen molar-refractivity contribution in [2.24, 2.45) is 0 Å². The highest BCUT2D eigenvalue weighted by atomic mass is 32.1. The van der Waals surface area contributed by atoms with Crippen LogP contribution in [-0.2, 0) is 0 Å². The van der Waals surface area contributed by atoms with E-state index < -0.39 is 0 Å². The number of benzene rings is 1. The lowest BCUT2D eigenvalue weighted by molar-refractivity contribution is 0.0567. The average molecular weight is 386 g/mol. The maximum Gasteiger partial charge on any atom is 0.267 e.